The summed E-state index contributed by atoms with van der Waals surface area (Å²) in [6.07, 6.45) is 2.29. The second-order valence-electron chi connectivity index (χ2n) is 8.28. The standard InChI is InChI=1S/C22H21FIN5O3/c1-22-7-13(32-19-5-16(24)12(10-30)8-25-19)9-29(22)18-6-17(27-28-21(18)26-11-22)14-3-2-4-15(23)20(14)31/h2-6,8,13,30-31H,7,9-11H2,1H3,(H,26,28)/t13-,22+/m1/s1. The van der Waals surface area contributed by atoms with Gasteiger partial charge in [0.2, 0.25) is 5.88 Å². The lowest BCUT2D eigenvalue weighted by molar-refractivity contribution is 0.204. The second-order valence-corrected chi connectivity index (χ2v) is 9.44. The molecule has 1 saturated heterocycles. The van der Waals surface area contributed by atoms with Gasteiger partial charge in [-0.1, -0.05) is 6.07 Å². The average molecular weight is 549 g/mol. The van der Waals surface area contributed by atoms with Gasteiger partial charge in [-0.15, -0.1) is 10.2 Å². The van der Waals surface area contributed by atoms with Gasteiger partial charge in [0.25, 0.3) is 0 Å². The first-order valence-electron chi connectivity index (χ1n) is 10.2. The summed E-state index contributed by atoms with van der Waals surface area (Å²) in [5, 5.41) is 31.3. The Bertz CT molecular complexity index is 1200. The van der Waals surface area contributed by atoms with E-state index < -0.39 is 11.6 Å². The van der Waals surface area contributed by atoms with Crippen molar-refractivity contribution in [2.24, 2.45) is 0 Å². The number of aliphatic hydroxyl groups is 1. The number of pyridine rings is 1. The number of aromatic nitrogens is 3. The third-order valence-corrected chi connectivity index (χ3v) is 7.04. The molecule has 2 atom stereocenters. The molecule has 5 rings (SSSR count). The monoisotopic (exact) mass is 549 g/mol. The molecular weight excluding hydrogens is 528 g/mol. The molecule has 0 radical (unpaired) electrons. The Morgan fingerprint density at radius 3 is 2.97 bits per heavy atom. The number of halogens is 2. The summed E-state index contributed by atoms with van der Waals surface area (Å²) in [6.45, 7) is 3.38. The molecule has 0 unspecified atom stereocenters. The van der Waals surface area contributed by atoms with Crippen molar-refractivity contribution in [2.75, 3.05) is 23.3 Å². The van der Waals surface area contributed by atoms with Gasteiger partial charge in [-0.3, -0.25) is 0 Å². The van der Waals surface area contributed by atoms with Crippen molar-refractivity contribution < 1.29 is 19.3 Å². The van der Waals surface area contributed by atoms with Gasteiger partial charge in [-0.2, -0.15) is 0 Å². The van der Waals surface area contributed by atoms with Gasteiger partial charge in [0.1, 0.15) is 6.10 Å². The maximum Gasteiger partial charge on any atom is 0.214 e. The second kappa shape index (κ2) is 8.00. The first kappa shape index (κ1) is 21.1. The third kappa shape index (κ3) is 3.60. The van der Waals surface area contributed by atoms with Crippen LogP contribution in [0.1, 0.15) is 18.9 Å². The summed E-state index contributed by atoms with van der Waals surface area (Å²) < 4.78 is 20.9. The molecule has 0 amide bonds. The Morgan fingerprint density at radius 1 is 1.34 bits per heavy atom. The molecule has 1 aromatic carbocycles. The average Bonchev–Trinajstić information content (AvgIpc) is 3.12. The minimum absolute atomic E-state index is 0.0620. The van der Waals surface area contributed by atoms with Crippen molar-refractivity contribution in [3.63, 3.8) is 0 Å². The first-order valence-corrected chi connectivity index (χ1v) is 11.2. The lowest BCUT2D eigenvalue weighted by atomic mass is 9.95. The fourth-order valence-electron chi connectivity index (χ4n) is 4.36. The van der Waals surface area contributed by atoms with Gasteiger partial charge >= 0.3 is 0 Å². The van der Waals surface area contributed by atoms with Gasteiger partial charge < -0.3 is 25.2 Å². The molecule has 0 spiro atoms. The Kier molecular flexibility index (Phi) is 5.28. The van der Waals surface area contributed by atoms with Crippen LogP contribution in [0.2, 0.25) is 0 Å². The zero-order valence-corrected chi connectivity index (χ0v) is 19.4. The number of nitrogens with one attached hydrogen (secondary N) is 1. The van der Waals surface area contributed by atoms with Crippen LogP contribution < -0.4 is 15.0 Å². The molecular formula is C22H21FIN5O3. The number of phenols is 1. The lowest BCUT2D eigenvalue weighted by Crippen LogP contribution is -2.50. The topological polar surface area (TPSA) is 104 Å². The molecule has 2 aliphatic heterocycles. The number of fused-ring (bicyclic) bond motifs is 3. The van der Waals surface area contributed by atoms with Crippen LogP contribution in [0.4, 0.5) is 15.9 Å². The van der Waals surface area contributed by atoms with E-state index in [0.717, 1.165) is 21.2 Å². The SMILES string of the molecule is C[C@]12CNc3nnc(-c4cccc(F)c4O)cc3N1C[C@H](Oc1cc(I)c(CO)cn1)C2. The minimum Gasteiger partial charge on any atom is -0.504 e. The molecule has 1 fully saturated rings. The molecule has 2 aliphatic rings. The number of para-hydroxylation sites is 1. The van der Waals surface area contributed by atoms with E-state index in [-0.39, 0.29) is 18.2 Å². The van der Waals surface area contributed by atoms with Crippen molar-refractivity contribution in [3.05, 3.63) is 51.5 Å². The molecule has 3 N–H and O–H groups in total. The van der Waals surface area contributed by atoms with Crippen molar-refractivity contribution in [2.45, 2.75) is 31.6 Å². The number of rotatable bonds is 4. The predicted octanol–water partition coefficient (Wildman–Crippen LogP) is 3.32. The van der Waals surface area contributed by atoms with Gasteiger partial charge in [-0.05, 0) is 47.7 Å². The van der Waals surface area contributed by atoms with Crippen molar-refractivity contribution >= 4 is 34.1 Å². The highest BCUT2D eigenvalue weighted by Crippen LogP contribution is 2.43. The fourth-order valence-corrected chi connectivity index (χ4v) is 4.94. The number of aromatic hydroxyl groups is 1. The highest BCUT2D eigenvalue weighted by molar-refractivity contribution is 14.1. The van der Waals surface area contributed by atoms with Gasteiger partial charge in [0.15, 0.2) is 17.4 Å². The van der Waals surface area contributed by atoms with Crippen LogP contribution in [0, 0.1) is 9.39 Å². The number of anilines is 2. The van der Waals surface area contributed by atoms with E-state index in [4.69, 9.17) is 4.74 Å². The van der Waals surface area contributed by atoms with E-state index in [9.17, 15) is 14.6 Å². The zero-order valence-electron chi connectivity index (χ0n) is 17.2. The Balaban J connectivity index is 1.44. The molecule has 0 aliphatic carbocycles. The summed E-state index contributed by atoms with van der Waals surface area (Å²) >= 11 is 2.16. The molecule has 4 heterocycles. The molecule has 8 nitrogen and oxygen atoms in total. The van der Waals surface area contributed by atoms with Crippen LogP contribution in [0.3, 0.4) is 0 Å². The van der Waals surface area contributed by atoms with Gasteiger partial charge in [-0.25, -0.2) is 9.37 Å². The maximum atomic E-state index is 13.9. The normalized spacial score (nSPS) is 21.6. The van der Waals surface area contributed by atoms with Crippen LogP contribution in [0.15, 0.2) is 36.5 Å². The third-order valence-electron chi connectivity index (χ3n) is 6.03. The quantitative estimate of drug-likeness (QED) is 0.426. The smallest absolute Gasteiger partial charge is 0.214 e. The van der Waals surface area contributed by atoms with E-state index in [2.05, 4.69) is 54.9 Å². The molecule has 3 aromatic rings. The van der Waals surface area contributed by atoms with E-state index >= 15 is 0 Å². The number of hydrogen-bond acceptors (Lipinski definition) is 8. The maximum absolute atomic E-state index is 13.9. The predicted molar refractivity (Wildman–Crippen MR) is 125 cm³/mol. The summed E-state index contributed by atoms with van der Waals surface area (Å²) in [7, 11) is 0. The lowest BCUT2D eigenvalue weighted by Gasteiger charge is -2.41. The van der Waals surface area contributed by atoms with Gasteiger partial charge in [0, 0.05) is 39.9 Å². The summed E-state index contributed by atoms with van der Waals surface area (Å²) in [5.74, 6) is 0.0195. The van der Waals surface area contributed by atoms with E-state index in [1.54, 1.807) is 12.3 Å². The van der Waals surface area contributed by atoms with Crippen LogP contribution in [-0.2, 0) is 6.61 Å². The molecule has 0 bridgehead atoms. The van der Waals surface area contributed by atoms with Gasteiger partial charge in [0.05, 0.1) is 30.1 Å². The molecule has 0 saturated carbocycles. The minimum atomic E-state index is -0.700. The molecule has 10 heteroatoms. The number of phenolic OH excluding ortho intramolecular Hbond substituents is 1. The largest absolute Gasteiger partial charge is 0.504 e. The van der Waals surface area contributed by atoms with Crippen LogP contribution >= 0.6 is 22.6 Å². The Hall–Kier alpha value is -2.73. The van der Waals surface area contributed by atoms with Crippen molar-refractivity contribution in [1.29, 1.82) is 0 Å². The molecule has 2 aromatic heterocycles. The summed E-state index contributed by atoms with van der Waals surface area (Å²) in [4.78, 5) is 6.55. The summed E-state index contributed by atoms with van der Waals surface area (Å²) in [6, 6.07) is 8.00. The van der Waals surface area contributed by atoms with Crippen molar-refractivity contribution in [1.82, 2.24) is 15.2 Å². The van der Waals surface area contributed by atoms with Crippen molar-refractivity contribution in [3.8, 4) is 22.9 Å². The van der Waals surface area contributed by atoms with E-state index in [1.165, 1.54) is 12.1 Å². The molecule has 32 heavy (non-hydrogen) atoms. The molecule has 166 valence electrons. The Morgan fingerprint density at radius 2 is 2.19 bits per heavy atom. The number of ether oxygens (including phenoxy) is 1. The highest BCUT2D eigenvalue weighted by atomic mass is 127. The summed E-state index contributed by atoms with van der Waals surface area (Å²) in [5.41, 5.74) is 2.06. The zero-order chi connectivity index (χ0) is 22.5. The van der Waals surface area contributed by atoms with E-state index in [1.807, 2.05) is 12.1 Å². The fraction of sp³-hybridized carbons (Fsp3) is 0.318. The van der Waals surface area contributed by atoms with Crippen LogP contribution in [-0.4, -0.2) is 50.1 Å². The highest BCUT2D eigenvalue weighted by Gasteiger charge is 2.47. The number of hydrogen-bond donors (Lipinski definition) is 3. The Labute approximate surface area is 197 Å². The first-order chi connectivity index (χ1) is 15.4. The number of aliphatic hydroxyl groups excluding tert-OH is 1. The van der Waals surface area contributed by atoms with Crippen LogP contribution in [0.25, 0.3) is 11.3 Å². The number of benzene rings is 1. The van der Waals surface area contributed by atoms with Crippen LogP contribution in [0.5, 0.6) is 11.6 Å². The van der Waals surface area contributed by atoms with E-state index in [0.29, 0.717) is 36.0 Å². The number of nitrogens with zero attached hydrogens (tertiary/aromatic N) is 4.